The zero-order valence-corrected chi connectivity index (χ0v) is 13.3. The molecule has 0 unspecified atom stereocenters. The standard InChI is InChI=1S/C14H12N4O2S2/c1-21-14-17-12-11(22-14)13(20)18(8-15-12)7-10(19)16-9-5-3-2-4-6-9/h2-6,8H,7H2,1H3,(H,16,19). The van der Waals surface area contributed by atoms with Crippen molar-refractivity contribution in [2.45, 2.75) is 10.9 Å². The number of rotatable bonds is 4. The van der Waals surface area contributed by atoms with Crippen molar-refractivity contribution in [1.82, 2.24) is 14.5 Å². The SMILES string of the molecule is CSc1nc2ncn(CC(=O)Nc3ccccc3)c(=O)c2s1. The summed E-state index contributed by atoms with van der Waals surface area (Å²) in [4.78, 5) is 32.7. The summed E-state index contributed by atoms with van der Waals surface area (Å²) < 4.78 is 2.55. The summed E-state index contributed by atoms with van der Waals surface area (Å²) in [6, 6.07) is 9.10. The van der Waals surface area contributed by atoms with E-state index in [1.54, 1.807) is 12.1 Å². The number of carbonyl (C=O) groups excluding carboxylic acids is 1. The molecule has 2 aromatic heterocycles. The molecule has 0 radical (unpaired) electrons. The molecular formula is C14H12N4O2S2. The van der Waals surface area contributed by atoms with E-state index in [-0.39, 0.29) is 18.0 Å². The van der Waals surface area contributed by atoms with E-state index >= 15 is 0 Å². The number of nitrogens with zero attached hydrogens (tertiary/aromatic N) is 3. The number of thiazole rings is 1. The highest BCUT2D eigenvalue weighted by Gasteiger charge is 2.12. The Kier molecular flexibility index (Phi) is 4.21. The lowest BCUT2D eigenvalue weighted by atomic mass is 10.3. The van der Waals surface area contributed by atoms with Gasteiger partial charge >= 0.3 is 0 Å². The van der Waals surface area contributed by atoms with E-state index in [1.165, 1.54) is 34.0 Å². The molecule has 0 spiro atoms. The molecule has 0 saturated carbocycles. The van der Waals surface area contributed by atoms with Crippen LogP contribution in [0.1, 0.15) is 0 Å². The van der Waals surface area contributed by atoms with Crippen molar-refractivity contribution >= 4 is 45.0 Å². The van der Waals surface area contributed by atoms with Crippen LogP contribution in [0.2, 0.25) is 0 Å². The van der Waals surface area contributed by atoms with Crippen LogP contribution in [0.3, 0.4) is 0 Å². The van der Waals surface area contributed by atoms with Crippen molar-refractivity contribution < 1.29 is 4.79 Å². The minimum absolute atomic E-state index is 0.0802. The maximum Gasteiger partial charge on any atom is 0.273 e. The van der Waals surface area contributed by atoms with Gasteiger partial charge in [0, 0.05) is 5.69 Å². The van der Waals surface area contributed by atoms with Crippen molar-refractivity contribution in [3.05, 3.63) is 47.0 Å². The van der Waals surface area contributed by atoms with Crippen LogP contribution in [0.4, 0.5) is 5.69 Å². The Morgan fingerprint density at radius 2 is 2.14 bits per heavy atom. The lowest BCUT2D eigenvalue weighted by Crippen LogP contribution is -2.27. The van der Waals surface area contributed by atoms with Crippen LogP contribution in [0, 0.1) is 0 Å². The van der Waals surface area contributed by atoms with Gasteiger partial charge in [-0.1, -0.05) is 30.0 Å². The number of thioether (sulfide) groups is 1. The van der Waals surface area contributed by atoms with Crippen LogP contribution in [-0.2, 0) is 11.3 Å². The van der Waals surface area contributed by atoms with E-state index in [4.69, 9.17) is 0 Å². The highest BCUT2D eigenvalue weighted by atomic mass is 32.2. The van der Waals surface area contributed by atoms with E-state index in [0.29, 0.717) is 16.0 Å². The molecule has 6 nitrogen and oxygen atoms in total. The molecule has 0 atom stereocenters. The number of anilines is 1. The lowest BCUT2D eigenvalue weighted by molar-refractivity contribution is -0.116. The van der Waals surface area contributed by atoms with Crippen LogP contribution in [0.25, 0.3) is 10.3 Å². The molecule has 0 bridgehead atoms. The molecule has 0 aliphatic carbocycles. The number of para-hydroxylation sites is 1. The summed E-state index contributed by atoms with van der Waals surface area (Å²) in [6.07, 6.45) is 3.25. The molecule has 0 saturated heterocycles. The summed E-state index contributed by atoms with van der Waals surface area (Å²) in [5.41, 5.74) is 0.877. The second-order valence-electron chi connectivity index (χ2n) is 4.43. The average Bonchev–Trinajstić information content (AvgIpc) is 2.95. The predicted molar refractivity (Wildman–Crippen MR) is 88.5 cm³/mol. The van der Waals surface area contributed by atoms with Crippen molar-refractivity contribution in [3.63, 3.8) is 0 Å². The maximum absolute atomic E-state index is 12.3. The minimum Gasteiger partial charge on any atom is -0.325 e. The van der Waals surface area contributed by atoms with E-state index < -0.39 is 0 Å². The summed E-state index contributed by atoms with van der Waals surface area (Å²) in [5, 5.41) is 2.74. The normalized spacial score (nSPS) is 10.8. The van der Waals surface area contributed by atoms with Crippen LogP contribution >= 0.6 is 23.1 Å². The number of hydrogen-bond donors (Lipinski definition) is 1. The van der Waals surface area contributed by atoms with Crippen molar-refractivity contribution in [3.8, 4) is 0 Å². The van der Waals surface area contributed by atoms with Gasteiger partial charge < -0.3 is 5.32 Å². The Morgan fingerprint density at radius 1 is 1.36 bits per heavy atom. The van der Waals surface area contributed by atoms with Gasteiger partial charge in [-0.2, -0.15) is 0 Å². The van der Waals surface area contributed by atoms with Gasteiger partial charge in [0.15, 0.2) is 9.99 Å². The van der Waals surface area contributed by atoms with Gasteiger partial charge in [0.1, 0.15) is 17.6 Å². The number of benzene rings is 1. The first-order valence-corrected chi connectivity index (χ1v) is 8.46. The molecule has 8 heteroatoms. The quantitative estimate of drug-likeness (QED) is 0.741. The first-order valence-electron chi connectivity index (χ1n) is 6.42. The van der Waals surface area contributed by atoms with Gasteiger partial charge in [0.25, 0.3) is 5.56 Å². The Morgan fingerprint density at radius 3 is 2.86 bits per heavy atom. The molecule has 22 heavy (non-hydrogen) atoms. The topological polar surface area (TPSA) is 76.9 Å². The highest BCUT2D eigenvalue weighted by Crippen LogP contribution is 2.24. The van der Waals surface area contributed by atoms with Crippen molar-refractivity contribution in [2.75, 3.05) is 11.6 Å². The zero-order chi connectivity index (χ0) is 15.5. The Hall–Kier alpha value is -2.19. The number of nitrogens with one attached hydrogen (secondary N) is 1. The van der Waals surface area contributed by atoms with E-state index in [9.17, 15) is 9.59 Å². The lowest BCUT2D eigenvalue weighted by Gasteiger charge is -2.06. The minimum atomic E-state index is -0.274. The average molecular weight is 332 g/mol. The fraction of sp³-hybridized carbons (Fsp3) is 0.143. The van der Waals surface area contributed by atoms with Crippen LogP contribution in [0.5, 0.6) is 0 Å². The molecule has 3 rings (SSSR count). The predicted octanol–water partition coefficient (Wildman–Crippen LogP) is 2.21. The van der Waals surface area contributed by atoms with Gasteiger partial charge in [-0.05, 0) is 18.4 Å². The zero-order valence-electron chi connectivity index (χ0n) is 11.6. The van der Waals surface area contributed by atoms with Crippen LogP contribution in [-0.4, -0.2) is 26.7 Å². The summed E-state index contributed by atoms with van der Waals surface area (Å²) in [5.74, 6) is -0.274. The molecule has 0 aliphatic rings. The third-order valence-corrected chi connectivity index (χ3v) is 4.93. The summed E-state index contributed by atoms with van der Waals surface area (Å²) >= 11 is 2.76. The smallest absolute Gasteiger partial charge is 0.273 e. The van der Waals surface area contributed by atoms with Gasteiger partial charge in [-0.3, -0.25) is 14.2 Å². The number of hydrogen-bond acceptors (Lipinski definition) is 6. The number of carbonyl (C=O) groups is 1. The van der Waals surface area contributed by atoms with Crippen molar-refractivity contribution in [1.29, 1.82) is 0 Å². The molecule has 1 N–H and O–H groups in total. The molecule has 2 heterocycles. The maximum atomic E-state index is 12.3. The first-order chi connectivity index (χ1) is 10.7. The molecule has 1 amide bonds. The Bertz CT molecular complexity index is 873. The number of amides is 1. The van der Waals surface area contributed by atoms with Gasteiger partial charge in [-0.25, -0.2) is 9.97 Å². The first kappa shape index (κ1) is 14.7. The monoisotopic (exact) mass is 332 g/mol. The largest absolute Gasteiger partial charge is 0.325 e. The molecular weight excluding hydrogens is 320 g/mol. The second-order valence-corrected chi connectivity index (χ2v) is 6.48. The Labute approximate surface area is 134 Å². The highest BCUT2D eigenvalue weighted by molar-refractivity contribution is 8.00. The molecule has 0 fully saturated rings. The summed E-state index contributed by atoms with van der Waals surface area (Å²) in [6.45, 7) is -0.0802. The fourth-order valence-corrected chi connectivity index (χ4v) is 3.37. The molecule has 3 aromatic rings. The molecule has 112 valence electrons. The fourth-order valence-electron chi connectivity index (χ4n) is 1.90. The number of fused-ring (bicyclic) bond motifs is 1. The third-order valence-electron chi connectivity index (χ3n) is 2.91. The van der Waals surface area contributed by atoms with E-state index in [0.717, 1.165) is 4.34 Å². The second kappa shape index (κ2) is 6.29. The number of aromatic nitrogens is 3. The van der Waals surface area contributed by atoms with Gasteiger partial charge in [0.05, 0.1) is 0 Å². The molecule has 0 aliphatic heterocycles. The van der Waals surface area contributed by atoms with Gasteiger partial charge in [0.2, 0.25) is 5.91 Å². The van der Waals surface area contributed by atoms with E-state index in [1.807, 2.05) is 24.5 Å². The van der Waals surface area contributed by atoms with Crippen molar-refractivity contribution in [2.24, 2.45) is 0 Å². The Balaban J connectivity index is 1.83. The van der Waals surface area contributed by atoms with E-state index in [2.05, 4.69) is 15.3 Å². The van der Waals surface area contributed by atoms with Crippen LogP contribution in [0.15, 0.2) is 45.8 Å². The third kappa shape index (κ3) is 3.02. The summed E-state index contributed by atoms with van der Waals surface area (Å²) in [7, 11) is 0. The van der Waals surface area contributed by atoms with Gasteiger partial charge in [-0.15, -0.1) is 11.3 Å². The molecule has 1 aromatic carbocycles. The van der Waals surface area contributed by atoms with Crippen LogP contribution < -0.4 is 10.9 Å².